The predicted molar refractivity (Wildman–Crippen MR) is 169 cm³/mol. The van der Waals surface area contributed by atoms with Gasteiger partial charge in [-0.05, 0) is 6.42 Å². The fourth-order valence-electron chi connectivity index (χ4n) is 5.85. The van der Waals surface area contributed by atoms with Crippen LogP contribution in [0.15, 0.2) is 0 Å². The quantitative estimate of drug-likeness (QED) is 0.0709. The zero-order chi connectivity index (χ0) is 27.6. The van der Waals surface area contributed by atoms with Crippen LogP contribution >= 0.6 is 0 Å². The van der Waals surface area contributed by atoms with E-state index in [1.165, 1.54) is 193 Å². The Kier molecular flexibility index (Phi) is 34.8. The van der Waals surface area contributed by atoms with Crippen LogP contribution in [-0.2, 0) is 0 Å². The average molecular weight is 543 g/mol. The van der Waals surface area contributed by atoms with Gasteiger partial charge in [-0.15, -0.1) is 0 Å². The molecule has 0 spiro atoms. The van der Waals surface area contributed by atoms with Crippen LogP contribution in [-0.4, -0.2) is 6.43 Å². The van der Waals surface area contributed by atoms with Crippen LogP contribution in [0.4, 0.5) is 8.78 Å². The van der Waals surface area contributed by atoms with Crippen LogP contribution < -0.4 is 0 Å². The van der Waals surface area contributed by atoms with Gasteiger partial charge in [-0.25, -0.2) is 8.78 Å². The van der Waals surface area contributed by atoms with E-state index >= 15 is 0 Å². The summed E-state index contributed by atoms with van der Waals surface area (Å²) in [6.45, 7) is 2.30. The molecule has 0 radical (unpaired) electrons. The summed E-state index contributed by atoms with van der Waals surface area (Å²) in [5, 5.41) is 0. The Bertz CT molecular complexity index is 395. The third-order valence-corrected chi connectivity index (χ3v) is 8.53. The summed E-state index contributed by atoms with van der Waals surface area (Å²) in [5.74, 6) is 0. The third kappa shape index (κ3) is 35.9. The van der Waals surface area contributed by atoms with Gasteiger partial charge in [0.25, 0.3) is 0 Å². The molecule has 0 aromatic heterocycles. The summed E-state index contributed by atoms with van der Waals surface area (Å²) in [6.07, 6.45) is 43.9. The first kappa shape index (κ1) is 37.9. The van der Waals surface area contributed by atoms with Crippen molar-refractivity contribution in [2.45, 2.75) is 232 Å². The van der Waals surface area contributed by atoms with E-state index in [9.17, 15) is 8.78 Å². The number of unbranched alkanes of at least 4 members (excludes halogenated alkanes) is 32. The van der Waals surface area contributed by atoms with Crippen LogP contribution in [0.25, 0.3) is 0 Å². The van der Waals surface area contributed by atoms with Gasteiger partial charge in [0.05, 0.1) is 0 Å². The molecule has 0 saturated carbocycles. The maximum absolute atomic E-state index is 12.1. The van der Waals surface area contributed by atoms with Gasteiger partial charge >= 0.3 is 0 Å². The Morgan fingerprint density at radius 3 is 0.579 bits per heavy atom. The van der Waals surface area contributed by atoms with Crippen molar-refractivity contribution in [1.82, 2.24) is 0 Å². The Hall–Kier alpha value is -0.140. The molecule has 0 aliphatic rings. The number of halogens is 2. The molecule has 0 nitrogen and oxygen atoms in total. The Morgan fingerprint density at radius 1 is 0.263 bits per heavy atom. The van der Waals surface area contributed by atoms with Crippen LogP contribution in [0.5, 0.6) is 0 Å². The molecule has 230 valence electrons. The van der Waals surface area contributed by atoms with E-state index < -0.39 is 6.43 Å². The second-order valence-electron chi connectivity index (χ2n) is 12.5. The van der Waals surface area contributed by atoms with E-state index in [1.54, 1.807) is 0 Å². The highest BCUT2D eigenvalue weighted by atomic mass is 19.3. The lowest BCUT2D eigenvalue weighted by Gasteiger charge is -2.05. The first-order valence-electron chi connectivity index (χ1n) is 18.1. The maximum atomic E-state index is 12.1. The lowest BCUT2D eigenvalue weighted by Crippen LogP contribution is -1.89. The summed E-state index contributed by atoms with van der Waals surface area (Å²) in [7, 11) is 0. The Balaban J connectivity index is 3.02. The van der Waals surface area contributed by atoms with Gasteiger partial charge in [-0.2, -0.15) is 0 Å². The van der Waals surface area contributed by atoms with Crippen LogP contribution in [0.2, 0.25) is 0 Å². The van der Waals surface area contributed by atoms with Crippen molar-refractivity contribution in [1.29, 1.82) is 0 Å². The van der Waals surface area contributed by atoms with Gasteiger partial charge in [0.2, 0.25) is 6.43 Å². The summed E-state index contributed by atoms with van der Waals surface area (Å²) in [5.41, 5.74) is 0. The van der Waals surface area contributed by atoms with E-state index in [-0.39, 0.29) is 6.42 Å². The Morgan fingerprint density at radius 2 is 0.421 bits per heavy atom. The minimum absolute atomic E-state index is 0.0968. The lowest BCUT2D eigenvalue weighted by atomic mass is 10.0. The second-order valence-corrected chi connectivity index (χ2v) is 12.5. The monoisotopic (exact) mass is 543 g/mol. The summed E-state index contributed by atoms with van der Waals surface area (Å²) >= 11 is 0. The summed E-state index contributed by atoms with van der Waals surface area (Å²) in [6, 6.07) is 0. The maximum Gasteiger partial charge on any atom is 0.238 e. The molecule has 0 N–H and O–H groups in total. The van der Waals surface area contributed by atoms with Crippen molar-refractivity contribution >= 4 is 0 Å². The molecule has 0 heterocycles. The molecule has 0 unspecified atom stereocenters. The molecule has 0 fully saturated rings. The fourth-order valence-corrected chi connectivity index (χ4v) is 5.85. The van der Waals surface area contributed by atoms with Crippen molar-refractivity contribution in [3.63, 3.8) is 0 Å². The highest BCUT2D eigenvalue weighted by Gasteiger charge is 2.01. The van der Waals surface area contributed by atoms with Crippen molar-refractivity contribution in [2.75, 3.05) is 0 Å². The highest BCUT2D eigenvalue weighted by molar-refractivity contribution is 4.53. The minimum atomic E-state index is -2.10. The molecular weight excluding hydrogens is 470 g/mol. The van der Waals surface area contributed by atoms with Gasteiger partial charge in [-0.3, -0.25) is 0 Å². The van der Waals surface area contributed by atoms with E-state index in [1.807, 2.05) is 0 Å². The average Bonchev–Trinajstić information content (AvgIpc) is 2.91. The molecule has 0 aromatic rings. The van der Waals surface area contributed by atoms with Crippen molar-refractivity contribution in [2.24, 2.45) is 0 Å². The summed E-state index contributed by atoms with van der Waals surface area (Å²) in [4.78, 5) is 0. The zero-order valence-electron chi connectivity index (χ0n) is 26.4. The van der Waals surface area contributed by atoms with Crippen LogP contribution in [0, 0.1) is 0 Å². The Labute approximate surface area is 240 Å². The summed E-state index contributed by atoms with van der Waals surface area (Å²) < 4.78 is 24.1. The van der Waals surface area contributed by atoms with Gasteiger partial charge in [0.15, 0.2) is 0 Å². The minimum Gasteiger partial charge on any atom is -0.211 e. The number of alkyl halides is 2. The molecule has 0 aromatic carbocycles. The molecule has 0 amide bonds. The molecule has 0 saturated heterocycles. The van der Waals surface area contributed by atoms with E-state index in [4.69, 9.17) is 0 Å². The van der Waals surface area contributed by atoms with E-state index in [2.05, 4.69) is 6.92 Å². The second kappa shape index (κ2) is 34.9. The predicted octanol–water partition coefficient (Wildman–Crippen LogP) is 14.5. The molecule has 0 aliphatic carbocycles. The largest absolute Gasteiger partial charge is 0.238 e. The van der Waals surface area contributed by atoms with E-state index in [0.717, 1.165) is 12.8 Å². The fraction of sp³-hybridized carbons (Fsp3) is 1.00. The van der Waals surface area contributed by atoms with Crippen molar-refractivity contribution in [3.05, 3.63) is 0 Å². The zero-order valence-corrected chi connectivity index (χ0v) is 26.4. The standard InChI is InChI=1S/C36H72F2/c1-2-3-4-5-6-7-8-9-10-11-12-13-14-15-16-17-18-19-20-21-22-23-24-25-26-27-28-29-30-31-32-33-34-35-36(37)38/h36H,2-35H2,1H3. The van der Waals surface area contributed by atoms with Crippen molar-refractivity contribution < 1.29 is 8.78 Å². The number of hydrogen-bond acceptors (Lipinski definition) is 0. The highest BCUT2D eigenvalue weighted by Crippen LogP contribution is 2.17. The molecule has 0 bridgehead atoms. The van der Waals surface area contributed by atoms with Gasteiger partial charge in [-0.1, -0.05) is 212 Å². The van der Waals surface area contributed by atoms with Gasteiger partial charge in [0.1, 0.15) is 0 Å². The van der Waals surface area contributed by atoms with Crippen molar-refractivity contribution in [3.8, 4) is 0 Å². The topological polar surface area (TPSA) is 0 Å². The van der Waals surface area contributed by atoms with Crippen LogP contribution in [0.1, 0.15) is 225 Å². The molecule has 2 heteroatoms. The van der Waals surface area contributed by atoms with Gasteiger partial charge < -0.3 is 0 Å². The molecule has 0 atom stereocenters. The normalized spacial score (nSPS) is 11.7. The van der Waals surface area contributed by atoms with E-state index in [0.29, 0.717) is 6.42 Å². The molecular formula is C36H72F2. The number of rotatable bonds is 34. The third-order valence-electron chi connectivity index (χ3n) is 8.53. The molecule has 38 heavy (non-hydrogen) atoms. The molecule has 0 rings (SSSR count). The number of hydrogen-bond donors (Lipinski definition) is 0. The van der Waals surface area contributed by atoms with Crippen LogP contribution in [0.3, 0.4) is 0 Å². The SMILES string of the molecule is CCCCCCCCCCCCCCCCCCCCCCCCCCCCCCCCCCCC(F)F. The smallest absolute Gasteiger partial charge is 0.211 e. The van der Waals surface area contributed by atoms with Gasteiger partial charge in [0, 0.05) is 6.42 Å². The first-order chi connectivity index (χ1) is 18.8. The first-order valence-corrected chi connectivity index (χ1v) is 18.1. The molecule has 0 aliphatic heterocycles. The lowest BCUT2D eigenvalue weighted by molar-refractivity contribution is 0.133.